The molecule has 172 valence electrons. The predicted molar refractivity (Wildman–Crippen MR) is 106 cm³/mol. The van der Waals surface area contributed by atoms with Gasteiger partial charge in [0.2, 0.25) is 0 Å². The Labute approximate surface area is 181 Å². The summed E-state index contributed by atoms with van der Waals surface area (Å²) in [7, 11) is 0. The van der Waals surface area contributed by atoms with Crippen LogP contribution in [0.15, 0.2) is 21.9 Å². The lowest BCUT2D eigenvalue weighted by atomic mass is 10.2. The quantitative estimate of drug-likeness (QED) is 0.307. The fourth-order valence-corrected chi connectivity index (χ4v) is 3.76. The van der Waals surface area contributed by atoms with E-state index in [4.69, 9.17) is 11.5 Å². The number of rotatable bonds is 8. The van der Waals surface area contributed by atoms with Crippen LogP contribution < -0.4 is 11.5 Å². The van der Waals surface area contributed by atoms with Crippen LogP contribution in [-0.4, -0.2) is 29.5 Å². The van der Waals surface area contributed by atoms with Gasteiger partial charge in [-0.25, -0.2) is 0 Å². The molecule has 0 aliphatic heterocycles. The molecule has 0 aliphatic carbocycles. The molecule has 21 heteroatoms. The molecule has 0 atom stereocenters. The zero-order chi connectivity index (χ0) is 25.4. The molecule has 2 rings (SSSR count). The molecular formula is C12H6N8O12S. The zero-order valence-electron chi connectivity index (χ0n) is 15.3. The SMILES string of the molecule is Nc1c([N+](=O)[O-])cc([N+](=O)[O-])c(Sc2c([N+](=O)[O-])cc([N+](=O)[O-])c(N)c2[N+](=O)[O-])c1[N+](=O)[O-]. The van der Waals surface area contributed by atoms with Crippen LogP contribution in [0.25, 0.3) is 0 Å². The Kier molecular flexibility index (Phi) is 6.20. The number of nitrogen functional groups attached to an aromatic ring is 2. The number of hydrogen-bond acceptors (Lipinski definition) is 15. The third-order valence-corrected chi connectivity index (χ3v) is 5.07. The lowest BCUT2D eigenvalue weighted by Crippen LogP contribution is -2.07. The number of hydrogen-bond donors (Lipinski definition) is 2. The third-order valence-electron chi connectivity index (χ3n) is 3.86. The highest BCUT2D eigenvalue weighted by Crippen LogP contribution is 2.54. The van der Waals surface area contributed by atoms with Gasteiger partial charge < -0.3 is 11.5 Å². The van der Waals surface area contributed by atoms with Crippen molar-refractivity contribution in [3.8, 4) is 0 Å². The molecule has 0 heterocycles. The first-order chi connectivity index (χ1) is 15.2. The molecule has 20 nitrogen and oxygen atoms in total. The fourth-order valence-electron chi connectivity index (χ4n) is 2.51. The summed E-state index contributed by atoms with van der Waals surface area (Å²) in [6.07, 6.45) is 0. The van der Waals surface area contributed by atoms with Gasteiger partial charge in [0.1, 0.15) is 0 Å². The Morgan fingerprint density at radius 3 is 1.00 bits per heavy atom. The molecule has 0 unspecified atom stereocenters. The van der Waals surface area contributed by atoms with E-state index in [0.29, 0.717) is 0 Å². The number of nitrogens with two attached hydrogens (primary N) is 2. The van der Waals surface area contributed by atoms with Gasteiger partial charge in [-0.05, 0) is 0 Å². The highest BCUT2D eigenvalue weighted by atomic mass is 32.2. The Balaban J connectivity index is 3.07. The van der Waals surface area contributed by atoms with Gasteiger partial charge in [-0.3, -0.25) is 60.7 Å². The third kappa shape index (κ3) is 4.18. The van der Waals surface area contributed by atoms with Crippen molar-refractivity contribution in [2.75, 3.05) is 11.5 Å². The molecule has 4 N–H and O–H groups in total. The minimum Gasteiger partial charge on any atom is -0.387 e. The summed E-state index contributed by atoms with van der Waals surface area (Å²) >= 11 is -0.295. The van der Waals surface area contributed by atoms with Crippen LogP contribution in [0.3, 0.4) is 0 Å². The van der Waals surface area contributed by atoms with Crippen LogP contribution in [0.1, 0.15) is 0 Å². The van der Waals surface area contributed by atoms with Crippen LogP contribution in [-0.2, 0) is 0 Å². The van der Waals surface area contributed by atoms with Gasteiger partial charge in [0, 0.05) is 0 Å². The maximum absolute atomic E-state index is 11.5. The van der Waals surface area contributed by atoms with Gasteiger partial charge in [-0.2, -0.15) is 0 Å². The zero-order valence-corrected chi connectivity index (χ0v) is 16.1. The largest absolute Gasteiger partial charge is 0.387 e. The second-order valence-electron chi connectivity index (χ2n) is 5.66. The van der Waals surface area contributed by atoms with E-state index in [1.807, 2.05) is 0 Å². The second-order valence-corrected chi connectivity index (χ2v) is 6.68. The average molecular weight is 486 g/mol. The Bertz CT molecular complexity index is 1200. The first-order valence-corrected chi connectivity index (χ1v) is 8.49. The van der Waals surface area contributed by atoms with E-state index in [1.54, 1.807) is 0 Å². The number of nitro groups is 6. The Morgan fingerprint density at radius 2 is 0.788 bits per heavy atom. The van der Waals surface area contributed by atoms with Crippen molar-refractivity contribution in [2.45, 2.75) is 9.79 Å². The summed E-state index contributed by atoms with van der Waals surface area (Å²) in [6.45, 7) is 0. The highest BCUT2D eigenvalue weighted by molar-refractivity contribution is 8.00. The second kappa shape index (κ2) is 8.50. The van der Waals surface area contributed by atoms with Gasteiger partial charge in [-0.1, -0.05) is 11.8 Å². The van der Waals surface area contributed by atoms with E-state index in [-0.39, 0.29) is 23.9 Å². The van der Waals surface area contributed by atoms with E-state index in [0.717, 1.165) is 0 Å². The lowest BCUT2D eigenvalue weighted by molar-refractivity contribution is -0.406. The highest BCUT2D eigenvalue weighted by Gasteiger charge is 2.41. The summed E-state index contributed by atoms with van der Waals surface area (Å²) in [5.74, 6) is 0. The van der Waals surface area contributed by atoms with Crippen molar-refractivity contribution >= 4 is 57.3 Å². The summed E-state index contributed by atoms with van der Waals surface area (Å²) in [5.41, 5.74) is 0.373. The maximum atomic E-state index is 11.5. The molecule has 0 saturated heterocycles. The van der Waals surface area contributed by atoms with Crippen molar-refractivity contribution in [3.63, 3.8) is 0 Å². The normalized spacial score (nSPS) is 10.4. The fraction of sp³-hybridized carbons (Fsp3) is 0. The summed E-state index contributed by atoms with van der Waals surface area (Å²) in [6, 6.07) is 0.439. The average Bonchev–Trinajstić information content (AvgIpc) is 2.66. The number of nitrogens with zero attached hydrogens (tertiary/aromatic N) is 6. The summed E-state index contributed by atoms with van der Waals surface area (Å²) < 4.78 is 0. The molecule has 0 radical (unpaired) electrons. The minimum atomic E-state index is -1.44. The molecule has 0 saturated carbocycles. The van der Waals surface area contributed by atoms with Crippen LogP contribution in [0.5, 0.6) is 0 Å². The molecule has 0 aromatic heterocycles. The van der Waals surface area contributed by atoms with Gasteiger partial charge >= 0.3 is 22.7 Å². The van der Waals surface area contributed by atoms with Crippen LogP contribution in [0, 0.1) is 60.7 Å². The predicted octanol–water partition coefficient (Wildman–Crippen LogP) is 2.45. The molecular weight excluding hydrogens is 480 g/mol. The van der Waals surface area contributed by atoms with Gasteiger partial charge in [0.05, 0.1) is 41.7 Å². The van der Waals surface area contributed by atoms with Crippen molar-refractivity contribution in [2.24, 2.45) is 0 Å². The minimum absolute atomic E-state index is 0.219. The van der Waals surface area contributed by atoms with Crippen LogP contribution in [0.2, 0.25) is 0 Å². The molecule has 0 fully saturated rings. The van der Waals surface area contributed by atoms with E-state index < -0.39 is 84.8 Å². The molecule has 2 aromatic rings. The maximum Gasteiger partial charge on any atom is 0.320 e. The molecule has 0 aliphatic rings. The molecule has 2 aromatic carbocycles. The van der Waals surface area contributed by atoms with E-state index in [1.165, 1.54) is 0 Å². The molecule has 0 amide bonds. The first kappa shape index (κ1) is 24.1. The van der Waals surface area contributed by atoms with Crippen molar-refractivity contribution in [1.29, 1.82) is 0 Å². The molecule has 0 bridgehead atoms. The topological polar surface area (TPSA) is 311 Å². The van der Waals surface area contributed by atoms with Gasteiger partial charge in [0.15, 0.2) is 21.2 Å². The monoisotopic (exact) mass is 486 g/mol. The number of anilines is 2. The van der Waals surface area contributed by atoms with E-state index in [2.05, 4.69) is 0 Å². The van der Waals surface area contributed by atoms with Gasteiger partial charge in [0.25, 0.3) is 11.4 Å². The first-order valence-electron chi connectivity index (χ1n) is 7.67. The van der Waals surface area contributed by atoms with Crippen molar-refractivity contribution in [3.05, 3.63) is 72.8 Å². The van der Waals surface area contributed by atoms with Crippen LogP contribution >= 0.6 is 11.8 Å². The molecule has 33 heavy (non-hydrogen) atoms. The summed E-state index contributed by atoms with van der Waals surface area (Å²) in [4.78, 5) is 57.9. The van der Waals surface area contributed by atoms with Crippen LogP contribution in [0.4, 0.5) is 45.5 Å². The smallest absolute Gasteiger partial charge is 0.320 e. The Morgan fingerprint density at radius 1 is 0.515 bits per heavy atom. The van der Waals surface area contributed by atoms with E-state index in [9.17, 15) is 60.7 Å². The number of benzene rings is 2. The van der Waals surface area contributed by atoms with Gasteiger partial charge in [-0.15, -0.1) is 0 Å². The Hall–Kier alpha value is -5.21. The lowest BCUT2D eigenvalue weighted by Gasteiger charge is -2.09. The summed E-state index contributed by atoms with van der Waals surface area (Å²) in [5, 5.41) is 68.1. The standard InChI is InChI=1S/C12H6N8O12S/c13-7-3(15(21)22)1-5(17(25)26)11(9(7)19(29)30)33-12-6(18(27)28)2-4(16(23)24)8(14)10(12)20(31)32/h1-2H,13-14H2. The van der Waals surface area contributed by atoms with Crippen molar-refractivity contribution < 1.29 is 29.5 Å². The molecule has 0 spiro atoms. The van der Waals surface area contributed by atoms with E-state index >= 15 is 0 Å². The number of nitro benzene ring substituents is 6. The van der Waals surface area contributed by atoms with Crippen molar-refractivity contribution in [1.82, 2.24) is 0 Å².